The Hall–Kier alpha value is -1.56. The molecule has 2 aliphatic rings. The maximum Gasteiger partial charge on any atom is 0.269 e. The van der Waals surface area contributed by atoms with Crippen LogP contribution in [0.4, 0.5) is 5.69 Å². The SMILES string of the molecule is O=[N+]([O-])c1ccc(C2CSC(NC3CCCCC3)=N2)cc1. The fourth-order valence-corrected chi connectivity index (χ4v) is 3.90. The maximum absolute atomic E-state index is 10.7. The molecule has 0 radical (unpaired) electrons. The molecule has 3 rings (SSSR count). The van der Waals surface area contributed by atoms with Crippen LogP contribution in [0, 0.1) is 10.1 Å². The van der Waals surface area contributed by atoms with E-state index in [1.807, 2.05) is 12.1 Å². The lowest BCUT2D eigenvalue weighted by molar-refractivity contribution is -0.384. The minimum absolute atomic E-state index is 0.113. The molecule has 1 atom stereocenters. The van der Waals surface area contributed by atoms with Crippen LogP contribution in [0.1, 0.15) is 43.7 Å². The predicted octanol–water partition coefficient (Wildman–Crippen LogP) is 3.66. The van der Waals surface area contributed by atoms with Crippen molar-refractivity contribution in [2.24, 2.45) is 4.99 Å². The number of nitro groups is 1. The smallest absolute Gasteiger partial charge is 0.269 e. The molecule has 0 saturated heterocycles. The second kappa shape index (κ2) is 6.47. The van der Waals surface area contributed by atoms with E-state index in [2.05, 4.69) is 5.32 Å². The van der Waals surface area contributed by atoms with Gasteiger partial charge in [-0.05, 0) is 18.4 Å². The largest absolute Gasteiger partial charge is 0.362 e. The summed E-state index contributed by atoms with van der Waals surface area (Å²) in [6, 6.07) is 7.43. The van der Waals surface area contributed by atoms with Gasteiger partial charge in [-0.1, -0.05) is 43.2 Å². The van der Waals surface area contributed by atoms with Crippen LogP contribution in [0.3, 0.4) is 0 Å². The molecule has 0 aromatic heterocycles. The highest BCUT2D eigenvalue weighted by molar-refractivity contribution is 8.14. The first kappa shape index (κ1) is 14.4. The van der Waals surface area contributed by atoms with Gasteiger partial charge in [0.25, 0.3) is 5.69 Å². The number of benzene rings is 1. The molecule has 1 fully saturated rings. The summed E-state index contributed by atoms with van der Waals surface area (Å²) in [5, 5.41) is 15.3. The van der Waals surface area contributed by atoms with E-state index in [0.717, 1.165) is 16.5 Å². The number of nitro benzene ring substituents is 1. The summed E-state index contributed by atoms with van der Waals surface area (Å²) in [5.41, 5.74) is 1.18. The second-order valence-corrected chi connectivity index (χ2v) is 6.60. The van der Waals surface area contributed by atoms with Crippen molar-refractivity contribution in [3.8, 4) is 0 Å². The molecule has 1 unspecified atom stereocenters. The monoisotopic (exact) mass is 305 g/mol. The highest BCUT2D eigenvalue weighted by Gasteiger charge is 2.23. The topological polar surface area (TPSA) is 67.5 Å². The Morgan fingerprint density at radius 3 is 2.57 bits per heavy atom. The summed E-state index contributed by atoms with van der Waals surface area (Å²) >= 11 is 1.75. The number of hydrogen-bond acceptors (Lipinski definition) is 5. The minimum Gasteiger partial charge on any atom is -0.362 e. The van der Waals surface area contributed by atoms with Crippen LogP contribution in [0.2, 0.25) is 0 Å². The first-order valence-corrected chi connectivity index (χ1v) is 8.42. The molecule has 0 bridgehead atoms. The average molecular weight is 305 g/mol. The number of rotatable bonds is 3. The van der Waals surface area contributed by atoms with Crippen LogP contribution in [0.5, 0.6) is 0 Å². The lowest BCUT2D eigenvalue weighted by atomic mass is 9.96. The number of nitrogens with one attached hydrogen (secondary N) is 1. The van der Waals surface area contributed by atoms with Gasteiger partial charge >= 0.3 is 0 Å². The number of amidine groups is 1. The van der Waals surface area contributed by atoms with Crippen LogP contribution in [-0.4, -0.2) is 21.9 Å². The molecule has 1 aromatic carbocycles. The number of aliphatic imine (C=N–C) groups is 1. The van der Waals surface area contributed by atoms with Gasteiger partial charge < -0.3 is 5.32 Å². The fourth-order valence-electron chi connectivity index (χ4n) is 2.86. The third-order valence-electron chi connectivity index (χ3n) is 4.07. The van der Waals surface area contributed by atoms with Crippen molar-refractivity contribution < 1.29 is 4.92 Å². The van der Waals surface area contributed by atoms with E-state index in [1.165, 1.54) is 32.1 Å². The summed E-state index contributed by atoms with van der Waals surface area (Å²) in [6.07, 6.45) is 6.44. The zero-order valence-corrected chi connectivity index (χ0v) is 12.6. The summed E-state index contributed by atoms with van der Waals surface area (Å²) in [7, 11) is 0. The molecule has 1 N–H and O–H groups in total. The molecular weight excluding hydrogens is 286 g/mol. The fraction of sp³-hybridized carbons (Fsp3) is 0.533. The lowest BCUT2D eigenvalue weighted by Gasteiger charge is -2.23. The van der Waals surface area contributed by atoms with Gasteiger partial charge in [-0.2, -0.15) is 0 Å². The number of nitrogens with zero attached hydrogens (tertiary/aromatic N) is 2. The maximum atomic E-state index is 10.7. The van der Waals surface area contributed by atoms with E-state index in [-0.39, 0.29) is 16.7 Å². The van der Waals surface area contributed by atoms with E-state index in [4.69, 9.17) is 4.99 Å². The minimum atomic E-state index is -0.369. The van der Waals surface area contributed by atoms with Crippen molar-refractivity contribution in [1.29, 1.82) is 0 Å². The Balaban J connectivity index is 1.63. The van der Waals surface area contributed by atoms with Crippen LogP contribution in [0.25, 0.3) is 0 Å². The standard InChI is InChI=1S/C15H19N3O2S/c19-18(20)13-8-6-11(7-9-13)14-10-21-15(17-14)16-12-4-2-1-3-5-12/h6-9,12,14H,1-5,10H2,(H,16,17). The van der Waals surface area contributed by atoms with Crippen molar-refractivity contribution in [2.45, 2.75) is 44.2 Å². The summed E-state index contributed by atoms with van der Waals surface area (Å²) in [4.78, 5) is 15.0. The highest BCUT2D eigenvalue weighted by Crippen LogP contribution is 2.31. The van der Waals surface area contributed by atoms with Crippen LogP contribution < -0.4 is 5.32 Å². The van der Waals surface area contributed by atoms with E-state index >= 15 is 0 Å². The van der Waals surface area contributed by atoms with Crippen molar-refractivity contribution in [1.82, 2.24) is 5.32 Å². The first-order valence-electron chi connectivity index (χ1n) is 7.44. The van der Waals surface area contributed by atoms with Crippen LogP contribution in [-0.2, 0) is 0 Å². The van der Waals surface area contributed by atoms with Gasteiger partial charge in [0.15, 0.2) is 5.17 Å². The Morgan fingerprint density at radius 1 is 1.19 bits per heavy atom. The summed E-state index contributed by atoms with van der Waals surface area (Å²) in [5.74, 6) is 0.910. The Labute approximate surface area is 128 Å². The quantitative estimate of drug-likeness (QED) is 0.683. The van der Waals surface area contributed by atoms with E-state index in [9.17, 15) is 10.1 Å². The molecule has 0 spiro atoms. The molecule has 1 heterocycles. The Kier molecular flexibility index (Phi) is 4.43. The third-order valence-corrected chi connectivity index (χ3v) is 5.05. The molecule has 1 saturated carbocycles. The van der Waals surface area contributed by atoms with Crippen molar-refractivity contribution in [2.75, 3.05) is 5.75 Å². The van der Waals surface area contributed by atoms with Gasteiger partial charge in [0.1, 0.15) is 0 Å². The zero-order chi connectivity index (χ0) is 14.7. The summed E-state index contributed by atoms with van der Waals surface area (Å²) in [6.45, 7) is 0. The Bertz CT molecular complexity index is 538. The molecule has 21 heavy (non-hydrogen) atoms. The molecule has 0 amide bonds. The van der Waals surface area contributed by atoms with Crippen molar-refractivity contribution in [3.05, 3.63) is 39.9 Å². The van der Waals surface area contributed by atoms with Gasteiger partial charge in [0.05, 0.1) is 11.0 Å². The third kappa shape index (κ3) is 3.56. The summed E-state index contributed by atoms with van der Waals surface area (Å²) < 4.78 is 0. The zero-order valence-electron chi connectivity index (χ0n) is 11.8. The van der Waals surface area contributed by atoms with Crippen molar-refractivity contribution in [3.63, 3.8) is 0 Å². The Morgan fingerprint density at radius 2 is 1.90 bits per heavy atom. The number of thioether (sulfide) groups is 1. The van der Waals surface area contributed by atoms with Gasteiger partial charge in [-0.15, -0.1) is 0 Å². The van der Waals surface area contributed by atoms with Crippen LogP contribution >= 0.6 is 11.8 Å². The molecule has 1 aromatic rings. The lowest BCUT2D eigenvalue weighted by Crippen LogP contribution is -2.33. The first-order chi connectivity index (χ1) is 10.2. The molecule has 6 heteroatoms. The molecular formula is C15H19N3O2S. The predicted molar refractivity (Wildman–Crippen MR) is 85.7 cm³/mol. The number of non-ortho nitro benzene ring substituents is 1. The highest BCUT2D eigenvalue weighted by atomic mass is 32.2. The van der Waals surface area contributed by atoms with Crippen LogP contribution in [0.15, 0.2) is 29.3 Å². The normalized spacial score (nSPS) is 22.9. The molecule has 5 nitrogen and oxygen atoms in total. The van der Waals surface area contributed by atoms with E-state index < -0.39 is 0 Å². The van der Waals surface area contributed by atoms with Gasteiger partial charge in [0, 0.05) is 23.9 Å². The van der Waals surface area contributed by atoms with Gasteiger partial charge in [-0.3, -0.25) is 15.1 Å². The average Bonchev–Trinajstić information content (AvgIpc) is 2.97. The van der Waals surface area contributed by atoms with E-state index in [0.29, 0.717) is 6.04 Å². The number of hydrogen-bond donors (Lipinski definition) is 1. The molecule has 112 valence electrons. The second-order valence-electron chi connectivity index (χ2n) is 5.59. The van der Waals surface area contributed by atoms with Gasteiger partial charge in [0.2, 0.25) is 0 Å². The molecule has 1 aliphatic heterocycles. The molecule has 1 aliphatic carbocycles. The van der Waals surface area contributed by atoms with Gasteiger partial charge in [-0.25, -0.2) is 0 Å². The van der Waals surface area contributed by atoms with E-state index in [1.54, 1.807) is 23.9 Å². The van der Waals surface area contributed by atoms with Crippen molar-refractivity contribution >= 4 is 22.6 Å².